The Labute approximate surface area is 103 Å². The molecule has 0 unspecified atom stereocenters. The summed E-state index contributed by atoms with van der Waals surface area (Å²) in [6.07, 6.45) is 2.60. The number of rotatable bonds is 5. The van der Waals surface area contributed by atoms with Crippen molar-refractivity contribution in [1.82, 2.24) is 14.8 Å². The van der Waals surface area contributed by atoms with Gasteiger partial charge in [-0.05, 0) is 6.42 Å². The van der Waals surface area contributed by atoms with Gasteiger partial charge in [0.25, 0.3) is 0 Å². The van der Waals surface area contributed by atoms with Crippen molar-refractivity contribution in [3.05, 3.63) is 10.5 Å². The maximum atomic E-state index is 11.5. The molecule has 1 aromatic rings. The van der Waals surface area contributed by atoms with Gasteiger partial charge in [0.1, 0.15) is 5.25 Å². The number of thioether (sulfide) groups is 1. The van der Waals surface area contributed by atoms with E-state index in [1.165, 1.54) is 11.8 Å². The zero-order valence-electron chi connectivity index (χ0n) is 9.64. The second-order valence-corrected chi connectivity index (χ2v) is 5.05. The van der Waals surface area contributed by atoms with Crippen LogP contribution in [0.25, 0.3) is 0 Å². The number of hydrogen-bond acceptors (Lipinski definition) is 5. The van der Waals surface area contributed by atoms with Crippen LogP contribution in [0.15, 0.2) is 9.95 Å². The number of unbranched alkanes of at least 4 members (excludes halogenated alkanes) is 1. The number of esters is 1. The molecule has 6 nitrogen and oxygen atoms in total. The molecule has 1 atom stereocenters. The van der Waals surface area contributed by atoms with Crippen molar-refractivity contribution in [2.24, 2.45) is 0 Å². The van der Waals surface area contributed by atoms with Crippen LogP contribution in [0.1, 0.15) is 26.2 Å². The molecule has 17 heavy (non-hydrogen) atoms. The van der Waals surface area contributed by atoms with Crippen LogP contribution >= 0.6 is 11.8 Å². The van der Waals surface area contributed by atoms with Crippen LogP contribution in [0.4, 0.5) is 0 Å². The highest BCUT2D eigenvalue weighted by molar-refractivity contribution is 8.00. The SMILES string of the molecule is CCCCn1c(S[C@@H]2CCOC2=O)n[nH]c1=O. The number of H-pyrrole nitrogens is 1. The first-order chi connectivity index (χ1) is 8.22. The topological polar surface area (TPSA) is 77.0 Å². The number of cyclic esters (lactones) is 1. The summed E-state index contributed by atoms with van der Waals surface area (Å²) in [6, 6.07) is 0. The van der Waals surface area contributed by atoms with Crippen molar-refractivity contribution < 1.29 is 9.53 Å². The number of aromatic nitrogens is 3. The van der Waals surface area contributed by atoms with E-state index >= 15 is 0 Å². The van der Waals surface area contributed by atoms with Gasteiger partial charge in [-0.2, -0.15) is 0 Å². The average Bonchev–Trinajstić information content (AvgIpc) is 2.86. The molecule has 0 aromatic carbocycles. The normalized spacial score (nSPS) is 19.6. The molecule has 1 aromatic heterocycles. The molecule has 2 heterocycles. The minimum Gasteiger partial charge on any atom is -0.465 e. The largest absolute Gasteiger partial charge is 0.465 e. The highest BCUT2D eigenvalue weighted by Crippen LogP contribution is 2.27. The van der Waals surface area contributed by atoms with E-state index in [-0.39, 0.29) is 16.9 Å². The van der Waals surface area contributed by atoms with Crippen molar-refractivity contribution in [3.63, 3.8) is 0 Å². The van der Waals surface area contributed by atoms with Crippen LogP contribution in [-0.4, -0.2) is 32.6 Å². The van der Waals surface area contributed by atoms with Gasteiger partial charge >= 0.3 is 11.7 Å². The fourth-order valence-electron chi connectivity index (χ4n) is 1.62. The molecular formula is C10H15N3O3S. The third kappa shape index (κ3) is 2.71. The molecule has 0 radical (unpaired) electrons. The Kier molecular flexibility index (Phi) is 3.88. The number of nitrogens with one attached hydrogen (secondary N) is 1. The molecule has 7 heteroatoms. The zero-order valence-corrected chi connectivity index (χ0v) is 10.5. The predicted octanol–water partition coefficient (Wildman–Crippen LogP) is 0.779. The molecule has 0 spiro atoms. The molecule has 94 valence electrons. The first kappa shape index (κ1) is 12.2. The van der Waals surface area contributed by atoms with E-state index in [2.05, 4.69) is 17.1 Å². The van der Waals surface area contributed by atoms with Crippen LogP contribution in [0, 0.1) is 0 Å². The Hall–Kier alpha value is -1.24. The number of aromatic amines is 1. The molecule has 1 fully saturated rings. The molecule has 1 N–H and O–H groups in total. The summed E-state index contributed by atoms with van der Waals surface area (Å²) in [5.74, 6) is -0.215. The van der Waals surface area contributed by atoms with Crippen molar-refractivity contribution >= 4 is 17.7 Å². The fraction of sp³-hybridized carbons (Fsp3) is 0.700. The highest BCUT2D eigenvalue weighted by Gasteiger charge is 2.29. The van der Waals surface area contributed by atoms with Crippen LogP contribution < -0.4 is 5.69 Å². The lowest BCUT2D eigenvalue weighted by atomic mass is 10.3. The third-order valence-electron chi connectivity index (χ3n) is 2.59. The Morgan fingerprint density at radius 1 is 1.59 bits per heavy atom. The number of hydrogen-bond donors (Lipinski definition) is 1. The second-order valence-electron chi connectivity index (χ2n) is 3.88. The van der Waals surface area contributed by atoms with Gasteiger partial charge in [0, 0.05) is 13.0 Å². The van der Waals surface area contributed by atoms with E-state index in [0.717, 1.165) is 12.8 Å². The summed E-state index contributed by atoms with van der Waals surface area (Å²) in [7, 11) is 0. The van der Waals surface area contributed by atoms with Gasteiger partial charge in [-0.25, -0.2) is 9.89 Å². The van der Waals surface area contributed by atoms with E-state index < -0.39 is 0 Å². The minimum atomic E-state index is -0.231. The van der Waals surface area contributed by atoms with Gasteiger partial charge in [-0.1, -0.05) is 25.1 Å². The minimum absolute atomic E-state index is 0.215. The third-order valence-corrected chi connectivity index (χ3v) is 3.83. The Bertz CT molecular complexity index is 454. The first-order valence-corrected chi connectivity index (χ1v) is 6.59. The zero-order chi connectivity index (χ0) is 12.3. The van der Waals surface area contributed by atoms with Gasteiger partial charge in [0.2, 0.25) is 0 Å². The highest BCUT2D eigenvalue weighted by atomic mass is 32.2. The molecule has 1 saturated heterocycles. The summed E-state index contributed by atoms with van der Waals surface area (Å²) in [6.45, 7) is 3.16. The summed E-state index contributed by atoms with van der Waals surface area (Å²) < 4.78 is 6.46. The van der Waals surface area contributed by atoms with Gasteiger partial charge in [0.05, 0.1) is 6.61 Å². The van der Waals surface area contributed by atoms with E-state index in [1.54, 1.807) is 4.57 Å². The van der Waals surface area contributed by atoms with E-state index in [1.807, 2.05) is 0 Å². The second kappa shape index (κ2) is 5.39. The maximum Gasteiger partial charge on any atom is 0.343 e. The number of ether oxygens (including phenoxy) is 1. The molecule has 0 amide bonds. The molecular weight excluding hydrogens is 242 g/mol. The van der Waals surface area contributed by atoms with Crippen molar-refractivity contribution in [3.8, 4) is 0 Å². The molecule has 0 saturated carbocycles. The molecule has 0 bridgehead atoms. The predicted molar refractivity (Wildman–Crippen MR) is 63.0 cm³/mol. The molecule has 0 aliphatic carbocycles. The average molecular weight is 257 g/mol. The van der Waals surface area contributed by atoms with Crippen LogP contribution in [-0.2, 0) is 16.1 Å². The van der Waals surface area contributed by atoms with Gasteiger partial charge in [0.15, 0.2) is 5.16 Å². The number of nitrogens with zero attached hydrogens (tertiary/aromatic N) is 2. The molecule has 1 aliphatic heterocycles. The van der Waals surface area contributed by atoms with E-state index in [9.17, 15) is 9.59 Å². The monoisotopic (exact) mass is 257 g/mol. The molecule has 1 aliphatic rings. The Balaban J connectivity index is 2.09. The maximum absolute atomic E-state index is 11.5. The fourth-order valence-corrected chi connectivity index (χ4v) is 2.65. The van der Waals surface area contributed by atoms with E-state index in [4.69, 9.17) is 4.74 Å². The van der Waals surface area contributed by atoms with Crippen molar-refractivity contribution in [1.29, 1.82) is 0 Å². The molecule has 2 rings (SSSR count). The summed E-state index contributed by atoms with van der Waals surface area (Å²) in [5.41, 5.74) is -0.215. The lowest BCUT2D eigenvalue weighted by Crippen LogP contribution is -2.19. The van der Waals surface area contributed by atoms with Gasteiger partial charge in [-0.15, -0.1) is 5.10 Å². The van der Waals surface area contributed by atoms with Crippen LogP contribution in [0.3, 0.4) is 0 Å². The summed E-state index contributed by atoms with van der Waals surface area (Å²) in [4.78, 5) is 22.9. The summed E-state index contributed by atoms with van der Waals surface area (Å²) >= 11 is 1.30. The van der Waals surface area contributed by atoms with E-state index in [0.29, 0.717) is 24.7 Å². The van der Waals surface area contributed by atoms with Crippen LogP contribution in [0.5, 0.6) is 0 Å². The van der Waals surface area contributed by atoms with Gasteiger partial charge in [-0.3, -0.25) is 9.36 Å². The smallest absolute Gasteiger partial charge is 0.343 e. The Morgan fingerprint density at radius 2 is 2.41 bits per heavy atom. The number of carbonyl (C=O) groups is 1. The van der Waals surface area contributed by atoms with Crippen molar-refractivity contribution in [2.75, 3.05) is 6.61 Å². The van der Waals surface area contributed by atoms with Gasteiger partial charge < -0.3 is 4.74 Å². The Morgan fingerprint density at radius 3 is 3.06 bits per heavy atom. The lowest BCUT2D eigenvalue weighted by molar-refractivity contribution is -0.137. The first-order valence-electron chi connectivity index (χ1n) is 5.71. The van der Waals surface area contributed by atoms with Crippen LogP contribution in [0.2, 0.25) is 0 Å². The number of carbonyl (C=O) groups excluding carboxylic acids is 1. The summed E-state index contributed by atoms with van der Waals surface area (Å²) in [5, 5.41) is 6.71. The lowest BCUT2D eigenvalue weighted by Gasteiger charge is -2.06. The quantitative estimate of drug-likeness (QED) is 0.789. The standard InChI is InChI=1S/C10H15N3O3S/c1-2-3-5-13-9(15)11-12-10(13)17-7-4-6-16-8(7)14/h7H,2-6H2,1H3,(H,11,15)/t7-/m1/s1. The van der Waals surface area contributed by atoms with Crippen molar-refractivity contribution in [2.45, 2.75) is 43.1 Å².